The van der Waals surface area contributed by atoms with Gasteiger partial charge in [0, 0.05) is 13.2 Å². The summed E-state index contributed by atoms with van der Waals surface area (Å²) in [6, 6.07) is 7.98. The van der Waals surface area contributed by atoms with Gasteiger partial charge < -0.3 is 15.3 Å². The third-order valence-corrected chi connectivity index (χ3v) is 3.96. The van der Waals surface area contributed by atoms with E-state index >= 15 is 0 Å². The van der Waals surface area contributed by atoms with Crippen LogP contribution in [0, 0.1) is 19.7 Å². The van der Waals surface area contributed by atoms with E-state index in [0.29, 0.717) is 12.0 Å². The van der Waals surface area contributed by atoms with E-state index in [2.05, 4.69) is 15.8 Å². The molecule has 154 valence electrons. The summed E-state index contributed by atoms with van der Waals surface area (Å²) in [5, 5.41) is 11.7. The SMILES string of the molecule is Cc1ccc(N/C(=C(\C(=O)NOCCO)c2ncccc2C)N(C)C=O)c(F)c1. The summed E-state index contributed by atoms with van der Waals surface area (Å²) in [4.78, 5) is 34.7. The molecular formula is C20H23FN4O4. The molecule has 0 radical (unpaired) electrons. The summed E-state index contributed by atoms with van der Waals surface area (Å²) in [6.07, 6.45) is 1.98. The van der Waals surface area contributed by atoms with Crippen LogP contribution in [0.1, 0.15) is 16.8 Å². The molecule has 2 amide bonds. The minimum Gasteiger partial charge on any atom is -0.394 e. The first kappa shape index (κ1) is 22.0. The molecule has 0 bridgehead atoms. The lowest BCUT2D eigenvalue weighted by Gasteiger charge is -2.23. The fourth-order valence-electron chi connectivity index (χ4n) is 2.52. The van der Waals surface area contributed by atoms with Gasteiger partial charge in [0.05, 0.1) is 24.6 Å². The highest BCUT2D eigenvalue weighted by Gasteiger charge is 2.24. The molecule has 29 heavy (non-hydrogen) atoms. The topological polar surface area (TPSA) is 104 Å². The lowest BCUT2D eigenvalue weighted by Crippen LogP contribution is -2.32. The predicted octanol–water partition coefficient (Wildman–Crippen LogP) is 1.75. The molecule has 1 aromatic heterocycles. The highest BCUT2D eigenvalue weighted by Crippen LogP contribution is 2.25. The molecule has 2 rings (SSSR count). The van der Waals surface area contributed by atoms with E-state index in [1.807, 2.05) is 0 Å². The van der Waals surface area contributed by atoms with Gasteiger partial charge in [-0.15, -0.1) is 0 Å². The molecule has 0 atom stereocenters. The van der Waals surface area contributed by atoms with Crippen LogP contribution in [0.25, 0.3) is 5.57 Å². The Morgan fingerprint density at radius 2 is 2.10 bits per heavy atom. The number of benzene rings is 1. The molecule has 0 spiro atoms. The van der Waals surface area contributed by atoms with Gasteiger partial charge in [0.2, 0.25) is 6.41 Å². The minimum atomic E-state index is -0.719. The molecule has 9 heteroatoms. The molecule has 3 N–H and O–H groups in total. The number of pyridine rings is 1. The van der Waals surface area contributed by atoms with Crippen molar-refractivity contribution in [2.75, 3.05) is 25.6 Å². The lowest BCUT2D eigenvalue weighted by atomic mass is 10.1. The van der Waals surface area contributed by atoms with Crippen LogP contribution < -0.4 is 10.8 Å². The number of amides is 2. The zero-order valence-corrected chi connectivity index (χ0v) is 16.4. The number of rotatable bonds is 9. The second-order valence-electron chi connectivity index (χ2n) is 6.22. The van der Waals surface area contributed by atoms with E-state index < -0.39 is 11.7 Å². The third kappa shape index (κ3) is 5.59. The molecular weight excluding hydrogens is 379 g/mol. The van der Waals surface area contributed by atoms with Crippen molar-refractivity contribution in [3.63, 3.8) is 0 Å². The van der Waals surface area contributed by atoms with Gasteiger partial charge >= 0.3 is 0 Å². The summed E-state index contributed by atoms with van der Waals surface area (Å²) >= 11 is 0. The van der Waals surface area contributed by atoms with E-state index in [-0.39, 0.29) is 36.0 Å². The number of aliphatic hydroxyl groups is 1. The summed E-state index contributed by atoms with van der Waals surface area (Å²) in [5.41, 5.74) is 3.91. The molecule has 0 aliphatic heterocycles. The Bertz CT molecular complexity index is 917. The van der Waals surface area contributed by atoms with Gasteiger partial charge in [-0.1, -0.05) is 12.1 Å². The lowest BCUT2D eigenvalue weighted by molar-refractivity contribution is -0.128. The van der Waals surface area contributed by atoms with Crippen molar-refractivity contribution in [1.82, 2.24) is 15.4 Å². The average molecular weight is 402 g/mol. The summed E-state index contributed by atoms with van der Waals surface area (Å²) < 4.78 is 14.4. The maximum absolute atomic E-state index is 14.4. The summed E-state index contributed by atoms with van der Waals surface area (Å²) in [5.74, 6) is -1.26. The Morgan fingerprint density at radius 1 is 1.34 bits per heavy atom. The van der Waals surface area contributed by atoms with E-state index in [4.69, 9.17) is 9.94 Å². The van der Waals surface area contributed by atoms with Crippen LogP contribution in [0.15, 0.2) is 42.3 Å². The van der Waals surface area contributed by atoms with E-state index in [1.54, 1.807) is 32.0 Å². The molecule has 1 heterocycles. The van der Waals surface area contributed by atoms with Crippen LogP contribution in [-0.2, 0) is 14.4 Å². The number of anilines is 1. The fourth-order valence-corrected chi connectivity index (χ4v) is 2.52. The highest BCUT2D eigenvalue weighted by molar-refractivity contribution is 6.20. The normalized spacial score (nSPS) is 11.5. The van der Waals surface area contributed by atoms with Gasteiger partial charge in [0.15, 0.2) is 0 Å². The van der Waals surface area contributed by atoms with Gasteiger partial charge in [-0.3, -0.25) is 19.4 Å². The van der Waals surface area contributed by atoms with Gasteiger partial charge in [-0.25, -0.2) is 9.87 Å². The number of aromatic nitrogens is 1. The number of carbonyl (C=O) groups excluding carboxylic acids is 2. The van der Waals surface area contributed by atoms with Crippen molar-refractivity contribution in [1.29, 1.82) is 0 Å². The number of nitrogens with zero attached hydrogens (tertiary/aromatic N) is 2. The van der Waals surface area contributed by atoms with Crippen molar-refractivity contribution >= 4 is 23.6 Å². The number of hydroxylamine groups is 1. The number of halogens is 1. The molecule has 0 unspecified atom stereocenters. The highest BCUT2D eigenvalue weighted by atomic mass is 19.1. The first-order valence-corrected chi connectivity index (χ1v) is 8.79. The van der Waals surface area contributed by atoms with Crippen molar-refractivity contribution in [3.8, 4) is 0 Å². The largest absolute Gasteiger partial charge is 0.394 e. The van der Waals surface area contributed by atoms with Gasteiger partial charge in [-0.2, -0.15) is 0 Å². The second kappa shape index (κ2) is 10.3. The molecule has 0 saturated carbocycles. The molecule has 1 aromatic carbocycles. The monoisotopic (exact) mass is 402 g/mol. The van der Waals surface area contributed by atoms with Crippen molar-refractivity contribution in [2.45, 2.75) is 13.8 Å². The molecule has 0 aliphatic carbocycles. The molecule has 0 saturated heterocycles. The number of aliphatic hydroxyl groups excluding tert-OH is 1. The van der Waals surface area contributed by atoms with E-state index in [9.17, 15) is 14.0 Å². The van der Waals surface area contributed by atoms with Crippen LogP contribution >= 0.6 is 0 Å². The Hall–Kier alpha value is -3.30. The number of carbonyl (C=O) groups is 2. The van der Waals surface area contributed by atoms with Gasteiger partial charge in [0.25, 0.3) is 5.91 Å². The Morgan fingerprint density at radius 3 is 2.72 bits per heavy atom. The minimum absolute atomic E-state index is 0.00894. The van der Waals surface area contributed by atoms with Gasteiger partial charge in [0.1, 0.15) is 17.2 Å². The average Bonchev–Trinajstić information content (AvgIpc) is 2.70. The second-order valence-corrected chi connectivity index (χ2v) is 6.22. The van der Waals surface area contributed by atoms with Crippen molar-refractivity contribution in [3.05, 3.63) is 65.0 Å². The molecule has 0 aliphatic rings. The summed E-state index contributed by atoms with van der Waals surface area (Å²) in [7, 11) is 1.42. The van der Waals surface area contributed by atoms with Gasteiger partial charge in [-0.05, 0) is 43.2 Å². The first-order chi connectivity index (χ1) is 13.9. The van der Waals surface area contributed by atoms with E-state index in [1.165, 1.54) is 25.4 Å². The summed E-state index contributed by atoms with van der Waals surface area (Å²) in [6.45, 7) is 3.07. The van der Waals surface area contributed by atoms with Crippen LogP contribution in [-0.4, -0.2) is 47.6 Å². The van der Waals surface area contributed by atoms with Crippen LogP contribution in [0.5, 0.6) is 0 Å². The smallest absolute Gasteiger partial charge is 0.280 e. The molecule has 2 aromatic rings. The number of hydrogen-bond donors (Lipinski definition) is 3. The Labute approximate surface area is 168 Å². The molecule has 8 nitrogen and oxygen atoms in total. The van der Waals surface area contributed by atoms with Crippen LogP contribution in [0.4, 0.5) is 10.1 Å². The quantitative estimate of drug-likeness (QED) is 0.256. The third-order valence-electron chi connectivity index (χ3n) is 3.96. The van der Waals surface area contributed by atoms with Crippen LogP contribution in [0.2, 0.25) is 0 Å². The number of hydrogen-bond acceptors (Lipinski definition) is 6. The van der Waals surface area contributed by atoms with Crippen molar-refractivity contribution in [2.24, 2.45) is 0 Å². The Balaban J connectivity index is 2.63. The molecule has 0 fully saturated rings. The zero-order valence-electron chi connectivity index (χ0n) is 16.4. The van der Waals surface area contributed by atoms with Crippen molar-refractivity contribution < 1.29 is 23.9 Å². The number of nitrogens with one attached hydrogen (secondary N) is 2. The standard InChI is InChI=1S/C20H23FN4O4/c1-13-6-7-16(15(21)11-13)23-19(25(3)12-27)17(20(28)24-29-10-9-26)18-14(2)5-4-8-22-18/h4-8,11-12,23,26H,9-10H2,1-3H3,(H,24,28)/b19-17+. The number of aryl methyl sites for hydroxylation is 2. The fraction of sp³-hybridized carbons (Fsp3) is 0.250. The van der Waals surface area contributed by atoms with Crippen LogP contribution in [0.3, 0.4) is 0 Å². The zero-order chi connectivity index (χ0) is 21.4. The maximum atomic E-state index is 14.4. The van der Waals surface area contributed by atoms with E-state index in [0.717, 1.165) is 10.5 Å². The first-order valence-electron chi connectivity index (χ1n) is 8.79. The Kier molecular flexibility index (Phi) is 7.81. The maximum Gasteiger partial charge on any atom is 0.280 e. The predicted molar refractivity (Wildman–Crippen MR) is 106 cm³/mol.